The fourth-order valence-corrected chi connectivity index (χ4v) is 3.13. The lowest BCUT2D eigenvalue weighted by molar-refractivity contribution is -0.139. The van der Waals surface area contributed by atoms with Gasteiger partial charge in [-0.1, -0.05) is 6.42 Å². The van der Waals surface area contributed by atoms with Gasteiger partial charge in [0.05, 0.1) is 18.8 Å². The van der Waals surface area contributed by atoms with Crippen molar-refractivity contribution in [1.29, 1.82) is 0 Å². The number of hydrogen-bond acceptors (Lipinski definition) is 4. The highest BCUT2D eigenvalue weighted by atomic mass is 16.5. The molecule has 0 spiro atoms. The zero-order valence-corrected chi connectivity index (χ0v) is 11.5. The van der Waals surface area contributed by atoms with Gasteiger partial charge in [-0.15, -0.1) is 0 Å². The van der Waals surface area contributed by atoms with E-state index in [0.29, 0.717) is 25.1 Å². The molecule has 0 radical (unpaired) electrons. The molecule has 1 aliphatic carbocycles. The summed E-state index contributed by atoms with van der Waals surface area (Å²) in [6.45, 7) is 4.06. The van der Waals surface area contributed by atoms with Crippen LogP contribution in [0.5, 0.6) is 0 Å². The quantitative estimate of drug-likeness (QED) is 0.476. The van der Waals surface area contributed by atoms with E-state index in [-0.39, 0.29) is 18.1 Å². The molecule has 2 aliphatic rings. The number of carbonyl (C=O) groups excluding carboxylic acids is 2. The first-order valence-electron chi connectivity index (χ1n) is 6.93. The molecule has 19 heavy (non-hydrogen) atoms. The molecular weight excluding hydrogens is 246 g/mol. The van der Waals surface area contributed by atoms with Gasteiger partial charge >= 0.3 is 5.97 Å². The lowest BCUT2D eigenvalue weighted by Gasteiger charge is -2.34. The summed E-state index contributed by atoms with van der Waals surface area (Å²) in [6, 6.07) is 0. The van der Waals surface area contributed by atoms with Crippen LogP contribution in [0.25, 0.3) is 0 Å². The minimum Gasteiger partial charge on any atom is -0.461 e. The Balaban J connectivity index is 2.31. The Hall–Kier alpha value is -1.36. The van der Waals surface area contributed by atoms with Crippen LogP contribution in [0, 0.1) is 5.92 Å². The summed E-state index contributed by atoms with van der Waals surface area (Å²) in [7, 11) is 0. The average molecular weight is 267 g/mol. The first kappa shape index (κ1) is 14.1. The minimum absolute atomic E-state index is 0.0761. The van der Waals surface area contributed by atoms with Gasteiger partial charge in [-0.3, -0.25) is 4.79 Å². The monoisotopic (exact) mass is 267 g/mol. The summed E-state index contributed by atoms with van der Waals surface area (Å²) in [5.74, 6) is -0.201. The van der Waals surface area contributed by atoms with Crippen molar-refractivity contribution < 1.29 is 19.1 Å². The van der Waals surface area contributed by atoms with Gasteiger partial charge < -0.3 is 14.8 Å². The van der Waals surface area contributed by atoms with Crippen molar-refractivity contribution in [2.45, 2.75) is 51.7 Å². The molecule has 5 heteroatoms. The molecule has 1 amide bonds. The number of esters is 1. The van der Waals surface area contributed by atoms with Crippen molar-refractivity contribution in [3.8, 4) is 0 Å². The molecule has 1 heterocycles. The highest BCUT2D eigenvalue weighted by Gasteiger charge is 2.39. The third-order valence-corrected chi connectivity index (χ3v) is 3.82. The molecule has 0 bridgehead atoms. The molecule has 2 fully saturated rings. The lowest BCUT2D eigenvalue weighted by Crippen LogP contribution is -2.36. The maximum Gasteiger partial charge on any atom is 0.354 e. The summed E-state index contributed by atoms with van der Waals surface area (Å²) in [5, 5.41) is 2.54. The predicted octanol–water partition coefficient (Wildman–Crippen LogP) is 1.53. The van der Waals surface area contributed by atoms with Crippen LogP contribution in [0.2, 0.25) is 0 Å². The summed E-state index contributed by atoms with van der Waals surface area (Å²) in [4.78, 5) is 22.7. The second-order valence-electron chi connectivity index (χ2n) is 5.11. The summed E-state index contributed by atoms with van der Waals surface area (Å²) >= 11 is 0. The van der Waals surface area contributed by atoms with Gasteiger partial charge in [0.15, 0.2) is 0 Å². The minimum atomic E-state index is -0.440. The Morgan fingerprint density at radius 2 is 2.32 bits per heavy atom. The molecule has 106 valence electrons. The van der Waals surface area contributed by atoms with Crippen LogP contribution in [0.1, 0.15) is 39.5 Å². The van der Waals surface area contributed by atoms with Crippen LogP contribution in [-0.4, -0.2) is 31.2 Å². The molecule has 1 N–H and O–H groups in total. The van der Waals surface area contributed by atoms with Gasteiger partial charge in [-0.05, 0) is 38.7 Å². The zero-order chi connectivity index (χ0) is 13.8. The summed E-state index contributed by atoms with van der Waals surface area (Å²) in [5.41, 5.74) is 1.32. The molecule has 5 nitrogen and oxygen atoms in total. The van der Waals surface area contributed by atoms with Crippen LogP contribution >= 0.6 is 0 Å². The van der Waals surface area contributed by atoms with Crippen molar-refractivity contribution in [2.24, 2.45) is 5.92 Å². The van der Waals surface area contributed by atoms with E-state index in [1.807, 2.05) is 6.92 Å². The number of amides is 1. The average Bonchev–Trinajstić information content (AvgIpc) is 2.83. The van der Waals surface area contributed by atoms with Gasteiger partial charge in [0.2, 0.25) is 6.41 Å². The zero-order valence-electron chi connectivity index (χ0n) is 11.5. The summed E-state index contributed by atoms with van der Waals surface area (Å²) < 4.78 is 10.9. The third kappa shape index (κ3) is 2.97. The Morgan fingerprint density at radius 3 is 3.00 bits per heavy atom. The van der Waals surface area contributed by atoms with Crippen LogP contribution < -0.4 is 5.32 Å². The van der Waals surface area contributed by atoms with E-state index in [9.17, 15) is 9.59 Å². The number of fused-ring (bicyclic) bond motifs is 1. The fraction of sp³-hybridized carbons (Fsp3) is 0.714. The molecule has 0 aromatic carbocycles. The topological polar surface area (TPSA) is 64.6 Å². The second-order valence-corrected chi connectivity index (χ2v) is 5.11. The van der Waals surface area contributed by atoms with Gasteiger partial charge in [0.1, 0.15) is 5.70 Å². The van der Waals surface area contributed by atoms with E-state index >= 15 is 0 Å². The Morgan fingerprint density at radius 1 is 1.53 bits per heavy atom. The first-order valence-corrected chi connectivity index (χ1v) is 6.93. The van der Waals surface area contributed by atoms with Crippen LogP contribution in [0.4, 0.5) is 0 Å². The molecular formula is C14H21NO4. The highest BCUT2D eigenvalue weighted by molar-refractivity contribution is 5.91. The molecule has 3 atom stereocenters. The van der Waals surface area contributed by atoms with E-state index in [1.54, 1.807) is 6.92 Å². The number of ether oxygens (including phenoxy) is 2. The standard InChI is InChI=1S/C14H21NO4/c1-3-18-14(17)13(15-8-16)11-7-9(2)19-12-6-4-5-10(11)12/h8-10,12H,3-7H2,1-2H3,(H,15,16)/b13-11-/t9-,10+,12+/m1/s1. The second kappa shape index (κ2) is 6.19. The van der Waals surface area contributed by atoms with Crippen LogP contribution in [0.15, 0.2) is 11.3 Å². The number of nitrogens with one attached hydrogen (secondary N) is 1. The van der Waals surface area contributed by atoms with Gasteiger partial charge in [-0.25, -0.2) is 4.79 Å². The van der Waals surface area contributed by atoms with E-state index in [0.717, 1.165) is 24.8 Å². The van der Waals surface area contributed by atoms with Crippen molar-refractivity contribution in [2.75, 3.05) is 6.61 Å². The molecule has 0 aromatic rings. The van der Waals surface area contributed by atoms with Crippen molar-refractivity contribution in [1.82, 2.24) is 5.32 Å². The normalized spacial score (nSPS) is 32.4. The third-order valence-electron chi connectivity index (χ3n) is 3.82. The van der Waals surface area contributed by atoms with E-state index in [4.69, 9.17) is 9.47 Å². The van der Waals surface area contributed by atoms with E-state index < -0.39 is 5.97 Å². The molecule has 1 saturated heterocycles. The molecule has 0 unspecified atom stereocenters. The Labute approximate surface area is 113 Å². The largest absolute Gasteiger partial charge is 0.461 e. The van der Waals surface area contributed by atoms with Crippen molar-refractivity contribution in [3.05, 3.63) is 11.3 Å². The Kier molecular flexibility index (Phi) is 4.58. The molecule has 0 aromatic heterocycles. The molecule has 2 rings (SSSR count). The summed E-state index contributed by atoms with van der Waals surface area (Å²) in [6.07, 6.45) is 4.61. The fourth-order valence-electron chi connectivity index (χ4n) is 3.13. The van der Waals surface area contributed by atoms with Crippen molar-refractivity contribution >= 4 is 12.4 Å². The maximum absolute atomic E-state index is 12.0. The number of hydrogen-bond donors (Lipinski definition) is 1. The van der Waals surface area contributed by atoms with Crippen LogP contribution in [-0.2, 0) is 19.1 Å². The smallest absolute Gasteiger partial charge is 0.354 e. The molecule has 1 aliphatic heterocycles. The number of carbonyl (C=O) groups is 2. The highest BCUT2D eigenvalue weighted by Crippen LogP contribution is 2.41. The first-order chi connectivity index (χ1) is 9.17. The van der Waals surface area contributed by atoms with Crippen LogP contribution in [0.3, 0.4) is 0 Å². The van der Waals surface area contributed by atoms with Gasteiger partial charge in [0.25, 0.3) is 0 Å². The molecule has 1 saturated carbocycles. The van der Waals surface area contributed by atoms with E-state index in [1.165, 1.54) is 0 Å². The van der Waals surface area contributed by atoms with E-state index in [2.05, 4.69) is 5.32 Å². The lowest BCUT2D eigenvalue weighted by atomic mass is 9.86. The van der Waals surface area contributed by atoms with Gasteiger partial charge in [-0.2, -0.15) is 0 Å². The SMILES string of the molecule is CCOC(=O)/C(NC=O)=C1\C[C@@H](C)O[C@H]2CCC[C@@H]12. The predicted molar refractivity (Wildman–Crippen MR) is 69.2 cm³/mol. The Bertz CT molecular complexity index is 391. The number of rotatable bonds is 4. The van der Waals surface area contributed by atoms with Gasteiger partial charge in [0, 0.05) is 5.92 Å². The maximum atomic E-state index is 12.0. The van der Waals surface area contributed by atoms with Crippen molar-refractivity contribution in [3.63, 3.8) is 0 Å².